The summed E-state index contributed by atoms with van der Waals surface area (Å²) in [5, 5.41) is 0. The van der Waals surface area contributed by atoms with Gasteiger partial charge in [0.15, 0.2) is 0 Å². The van der Waals surface area contributed by atoms with E-state index < -0.39 is 0 Å². The van der Waals surface area contributed by atoms with Crippen molar-refractivity contribution in [2.75, 3.05) is 20.1 Å². The van der Waals surface area contributed by atoms with E-state index in [2.05, 4.69) is 66.3 Å². The Morgan fingerprint density at radius 1 is 0.870 bits per heavy atom. The normalized spacial score (nSPS) is 15.1. The van der Waals surface area contributed by atoms with E-state index in [0.717, 1.165) is 30.6 Å². The molecule has 0 spiro atoms. The predicted molar refractivity (Wildman–Crippen MR) is 98.1 cm³/mol. The van der Waals surface area contributed by atoms with Gasteiger partial charge in [-0.05, 0) is 48.9 Å². The summed E-state index contributed by atoms with van der Waals surface area (Å²) < 4.78 is 0. The van der Waals surface area contributed by atoms with Crippen LogP contribution in [0.4, 0.5) is 0 Å². The summed E-state index contributed by atoms with van der Waals surface area (Å²) in [7, 11) is 2.16. The zero-order valence-corrected chi connectivity index (χ0v) is 13.5. The van der Waals surface area contributed by atoms with Crippen LogP contribution in [-0.4, -0.2) is 25.0 Å². The Bertz CT molecular complexity index is 755. The van der Waals surface area contributed by atoms with Crippen LogP contribution in [0.15, 0.2) is 72.3 Å². The van der Waals surface area contributed by atoms with Gasteiger partial charge >= 0.3 is 0 Å². The number of allylic oxidation sites excluding steroid dienone is 1. The van der Waals surface area contributed by atoms with Crippen molar-refractivity contribution in [1.82, 2.24) is 4.90 Å². The Morgan fingerprint density at radius 2 is 1.57 bits per heavy atom. The van der Waals surface area contributed by atoms with Gasteiger partial charge in [-0.2, -0.15) is 0 Å². The summed E-state index contributed by atoms with van der Waals surface area (Å²) in [5.74, 6) is 6.39. The molecule has 0 atom stereocenters. The van der Waals surface area contributed by atoms with Crippen LogP contribution in [0.2, 0.25) is 0 Å². The van der Waals surface area contributed by atoms with Crippen LogP contribution in [0.25, 0.3) is 6.08 Å². The van der Waals surface area contributed by atoms with Gasteiger partial charge in [-0.1, -0.05) is 60.4 Å². The van der Waals surface area contributed by atoms with Crippen LogP contribution in [0.3, 0.4) is 0 Å². The lowest BCUT2D eigenvalue weighted by Crippen LogP contribution is -2.23. The van der Waals surface area contributed by atoms with Crippen LogP contribution in [0.1, 0.15) is 23.1 Å². The molecule has 0 amide bonds. The van der Waals surface area contributed by atoms with Crippen molar-refractivity contribution in [2.45, 2.75) is 6.42 Å². The third-order valence-electron chi connectivity index (χ3n) is 3.97. The first-order valence-corrected chi connectivity index (χ1v) is 8.02. The molecule has 0 saturated carbocycles. The molecule has 0 N–H and O–H groups in total. The summed E-state index contributed by atoms with van der Waals surface area (Å²) in [6.45, 7) is 2.19. The van der Waals surface area contributed by atoms with E-state index in [0.29, 0.717) is 0 Å². The first-order chi connectivity index (χ1) is 11.3. The molecular formula is C22H21N. The van der Waals surface area contributed by atoms with Crippen LogP contribution in [0, 0.1) is 11.8 Å². The molecule has 2 aromatic rings. The summed E-state index contributed by atoms with van der Waals surface area (Å²) in [6.07, 6.45) is 7.86. The van der Waals surface area contributed by atoms with Gasteiger partial charge in [-0.3, -0.25) is 0 Å². The Hall–Kier alpha value is -2.56. The van der Waals surface area contributed by atoms with Crippen molar-refractivity contribution in [3.63, 3.8) is 0 Å². The van der Waals surface area contributed by atoms with Crippen LogP contribution in [-0.2, 0) is 0 Å². The van der Waals surface area contributed by atoms with Crippen molar-refractivity contribution in [3.8, 4) is 11.8 Å². The second kappa shape index (κ2) is 7.63. The third-order valence-corrected chi connectivity index (χ3v) is 3.97. The summed E-state index contributed by atoms with van der Waals surface area (Å²) in [5.41, 5.74) is 4.74. The van der Waals surface area contributed by atoms with E-state index in [1.165, 1.54) is 11.1 Å². The van der Waals surface area contributed by atoms with Gasteiger partial charge < -0.3 is 4.90 Å². The zero-order chi connectivity index (χ0) is 15.9. The fraction of sp³-hybridized carbons (Fsp3) is 0.182. The highest BCUT2D eigenvalue weighted by Crippen LogP contribution is 2.13. The Morgan fingerprint density at radius 3 is 2.22 bits per heavy atom. The van der Waals surface area contributed by atoms with Gasteiger partial charge in [0.1, 0.15) is 0 Å². The molecule has 0 aliphatic carbocycles. The Balaban J connectivity index is 1.65. The van der Waals surface area contributed by atoms with Crippen molar-refractivity contribution >= 4 is 6.08 Å². The van der Waals surface area contributed by atoms with Crippen LogP contribution in [0.5, 0.6) is 0 Å². The fourth-order valence-electron chi connectivity index (χ4n) is 2.48. The van der Waals surface area contributed by atoms with E-state index in [1.54, 1.807) is 0 Å². The SMILES string of the molecule is CN1CC=C(C=Cc2ccc(C#Cc3ccccc3)cc2)CC1. The number of rotatable bonds is 2. The number of nitrogens with zero attached hydrogens (tertiary/aromatic N) is 1. The van der Waals surface area contributed by atoms with Crippen molar-refractivity contribution in [1.29, 1.82) is 0 Å². The average Bonchev–Trinajstić information content (AvgIpc) is 2.61. The molecule has 114 valence electrons. The minimum Gasteiger partial charge on any atom is -0.302 e. The molecule has 0 bridgehead atoms. The van der Waals surface area contributed by atoms with Gasteiger partial charge in [0, 0.05) is 24.2 Å². The highest BCUT2D eigenvalue weighted by Gasteiger charge is 2.04. The molecule has 1 heterocycles. The lowest BCUT2D eigenvalue weighted by molar-refractivity contribution is 0.361. The number of likely N-dealkylation sites (N-methyl/N-ethyl adjacent to an activating group) is 1. The van der Waals surface area contributed by atoms with Crippen molar-refractivity contribution in [2.24, 2.45) is 0 Å². The van der Waals surface area contributed by atoms with Gasteiger partial charge in [-0.25, -0.2) is 0 Å². The molecule has 2 aromatic carbocycles. The Labute approximate surface area is 139 Å². The molecule has 0 radical (unpaired) electrons. The number of hydrogen-bond acceptors (Lipinski definition) is 1. The quantitative estimate of drug-likeness (QED) is 0.745. The maximum Gasteiger partial charge on any atom is 0.0249 e. The third kappa shape index (κ3) is 4.71. The maximum absolute atomic E-state index is 3.21. The summed E-state index contributed by atoms with van der Waals surface area (Å²) in [6, 6.07) is 18.5. The molecule has 1 aliphatic heterocycles. The van der Waals surface area contributed by atoms with E-state index in [9.17, 15) is 0 Å². The van der Waals surface area contributed by atoms with Gasteiger partial charge in [0.25, 0.3) is 0 Å². The minimum absolute atomic E-state index is 1.05. The molecule has 1 heteroatoms. The number of benzene rings is 2. The summed E-state index contributed by atoms with van der Waals surface area (Å²) in [4.78, 5) is 2.33. The highest BCUT2D eigenvalue weighted by molar-refractivity contribution is 5.55. The lowest BCUT2D eigenvalue weighted by Gasteiger charge is -2.20. The predicted octanol–water partition coefficient (Wildman–Crippen LogP) is 4.36. The standard InChI is InChI=1S/C22H21N/c1-23-17-15-22(16-18-23)14-13-21-11-9-20(10-12-21)8-7-19-5-3-2-4-6-19/h2-6,9-15H,16-18H2,1H3. The number of hydrogen-bond donors (Lipinski definition) is 0. The first-order valence-electron chi connectivity index (χ1n) is 8.02. The molecular weight excluding hydrogens is 278 g/mol. The van der Waals surface area contributed by atoms with E-state index >= 15 is 0 Å². The van der Waals surface area contributed by atoms with E-state index in [4.69, 9.17) is 0 Å². The van der Waals surface area contributed by atoms with Crippen LogP contribution >= 0.6 is 0 Å². The molecule has 1 aliphatic rings. The molecule has 1 nitrogen and oxygen atoms in total. The zero-order valence-electron chi connectivity index (χ0n) is 13.5. The maximum atomic E-state index is 3.21. The highest BCUT2D eigenvalue weighted by atomic mass is 15.1. The topological polar surface area (TPSA) is 3.24 Å². The molecule has 0 aromatic heterocycles. The molecule has 0 saturated heterocycles. The first kappa shape index (κ1) is 15.3. The van der Waals surface area contributed by atoms with Gasteiger partial charge in [-0.15, -0.1) is 0 Å². The largest absolute Gasteiger partial charge is 0.302 e. The molecule has 0 fully saturated rings. The van der Waals surface area contributed by atoms with Gasteiger partial charge in [0.05, 0.1) is 0 Å². The van der Waals surface area contributed by atoms with Gasteiger partial charge in [0.2, 0.25) is 0 Å². The molecule has 23 heavy (non-hydrogen) atoms. The van der Waals surface area contributed by atoms with Crippen molar-refractivity contribution < 1.29 is 0 Å². The monoisotopic (exact) mass is 299 g/mol. The second-order valence-electron chi connectivity index (χ2n) is 5.86. The lowest BCUT2D eigenvalue weighted by atomic mass is 10.1. The smallest absolute Gasteiger partial charge is 0.0249 e. The molecule has 0 unspecified atom stereocenters. The minimum atomic E-state index is 1.05. The Kier molecular flexibility index (Phi) is 5.09. The second-order valence-corrected chi connectivity index (χ2v) is 5.86. The van der Waals surface area contributed by atoms with E-state index in [1.807, 2.05) is 30.3 Å². The van der Waals surface area contributed by atoms with Crippen molar-refractivity contribution in [3.05, 3.63) is 89.0 Å². The van der Waals surface area contributed by atoms with Crippen LogP contribution < -0.4 is 0 Å². The average molecular weight is 299 g/mol. The fourth-order valence-corrected chi connectivity index (χ4v) is 2.48. The van der Waals surface area contributed by atoms with E-state index in [-0.39, 0.29) is 0 Å². The summed E-state index contributed by atoms with van der Waals surface area (Å²) >= 11 is 0. The molecule has 3 rings (SSSR count).